The summed E-state index contributed by atoms with van der Waals surface area (Å²) in [5.74, 6) is 0.961. The van der Waals surface area contributed by atoms with Crippen LogP contribution in [0, 0.1) is 0 Å². The molecule has 3 aromatic carbocycles. The van der Waals surface area contributed by atoms with E-state index in [4.69, 9.17) is 9.47 Å². The van der Waals surface area contributed by atoms with Gasteiger partial charge in [0.15, 0.2) is 16.5 Å². The summed E-state index contributed by atoms with van der Waals surface area (Å²) < 4.78 is 39.8. The van der Waals surface area contributed by atoms with E-state index in [1.54, 1.807) is 24.3 Å². The quantitative estimate of drug-likeness (QED) is 0.476. The van der Waals surface area contributed by atoms with Crippen molar-refractivity contribution in [3.8, 4) is 11.5 Å². The molecule has 5 rings (SSSR count). The van der Waals surface area contributed by atoms with Gasteiger partial charge in [-0.15, -0.1) is 0 Å². The molecule has 1 aliphatic rings. The van der Waals surface area contributed by atoms with Gasteiger partial charge < -0.3 is 14.4 Å². The molecule has 0 spiro atoms. The number of aromatic amines is 1. The molecule has 4 aromatic rings. The minimum absolute atomic E-state index is 0.0483. The zero-order chi connectivity index (χ0) is 22.3. The summed E-state index contributed by atoms with van der Waals surface area (Å²) in [6.45, 7) is 7.12. The fourth-order valence-corrected chi connectivity index (χ4v) is 5.82. The van der Waals surface area contributed by atoms with Crippen molar-refractivity contribution in [2.75, 3.05) is 26.2 Å². The molecule has 1 aliphatic heterocycles. The van der Waals surface area contributed by atoms with Gasteiger partial charge >= 0.3 is 0 Å². The van der Waals surface area contributed by atoms with Crippen molar-refractivity contribution >= 4 is 31.5 Å². The average molecular weight is 452 g/mol. The Bertz CT molecular complexity index is 1390. The highest BCUT2D eigenvalue weighted by Gasteiger charge is 2.32. The number of sulfone groups is 1. The maximum absolute atomic E-state index is 13.8. The Morgan fingerprint density at radius 2 is 1.84 bits per heavy atom. The largest absolute Gasteiger partial charge is 0.486 e. The first kappa shape index (κ1) is 20.8. The minimum Gasteiger partial charge on any atom is -0.486 e. The summed E-state index contributed by atoms with van der Waals surface area (Å²) in [5, 5.41) is 8.98. The van der Waals surface area contributed by atoms with Gasteiger partial charge in [-0.1, -0.05) is 50.2 Å². The average Bonchev–Trinajstić information content (AvgIpc) is 3.28. The third-order valence-electron chi connectivity index (χ3n) is 5.97. The van der Waals surface area contributed by atoms with Crippen LogP contribution in [0.15, 0.2) is 64.5 Å². The van der Waals surface area contributed by atoms with Crippen LogP contribution in [-0.2, 0) is 9.84 Å². The lowest BCUT2D eigenvalue weighted by molar-refractivity contribution is 0.0631. The van der Waals surface area contributed by atoms with Crippen molar-refractivity contribution in [3.05, 3.63) is 54.6 Å². The molecule has 0 unspecified atom stereocenters. The lowest BCUT2D eigenvalue weighted by Gasteiger charge is -2.30. The highest BCUT2D eigenvalue weighted by Crippen LogP contribution is 2.42. The number of fused-ring (bicyclic) bond motifs is 4. The Kier molecular flexibility index (Phi) is 5.27. The normalized spacial score (nSPS) is 16.2. The predicted octanol–water partition coefficient (Wildman–Crippen LogP) is 4.03. The lowest BCUT2D eigenvalue weighted by atomic mass is 10.1. The van der Waals surface area contributed by atoms with Crippen LogP contribution in [0.5, 0.6) is 11.5 Å². The van der Waals surface area contributed by atoms with Gasteiger partial charge in [-0.3, -0.25) is 5.10 Å². The fraction of sp³-hybridized carbons (Fsp3) is 0.292. The summed E-state index contributed by atoms with van der Waals surface area (Å²) in [6.07, 6.45) is -0.198. The van der Waals surface area contributed by atoms with Crippen LogP contribution < -0.4 is 9.47 Å². The standard InChI is InChI=1S/C24H25N3O4S/c1-3-27(4-2)14-17-15-30-20-13-12-19-22(23(20)31-17)24(26-25-19)32(28,29)21-11-7-9-16-8-5-6-10-18(16)21/h5-13,17H,3-4,14-15H2,1-2H3,(H,25,26)/t17-/m1/s1. The second-order valence-corrected chi connectivity index (χ2v) is 9.69. The molecule has 0 radical (unpaired) electrons. The molecular formula is C24H25N3O4S. The topological polar surface area (TPSA) is 84.5 Å². The molecule has 7 nitrogen and oxygen atoms in total. The SMILES string of the molecule is CCN(CC)C[C@@H]1COc2ccc3[nH]nc(S(=O)(=O)c4cccc5ccccc45)c3c2O1. The van der Waals surface area contributed by atoms with Gasteiger partial charge in [0, 0.05) is 11.9 Å². The second kappa shape index (κ2) is 8.11. The Balaban J connectivity index is 1.64. The van der Waals surface area contributed by atoms with Crippen LogP contribution in [0.4, 0.5) is 0 Å². The highest BCUT2D eigenvalue weighted by atomic mass is 32.2. The van der Waals surface area contributed by atoms with Gasteiger partial charge in [-0.2, -0.15) is 5.10 Å². The van der Waals surface area contributed by atoms with Crippen LogP contribution in [-0.4, -0.2) is 55.9 Å². The van der Waals surface area contributed by atoms with Crippen LogP contribution in [0.2, 0.25) is 0 Å². The monoisotopic (exact) mass is 451 g/mol. The number of aromatic nitrogens is 2. The molecule has 1 N–H and O–H groups in total. The molecule has 0 bridgehead atoms. The molecule has 8 heteroatoms. The van der Waals surface area contributed by atoms with Crippen LogP contribution in [0.25, 0.3) is 21.7 Å². The summed E-state index contributed by atoms with van der Waals surface area (Å²) >= 11 is 0. The zero-order valence-corrected chi connectivity index (χ0v) is 18.9. The molecule has 0 saturated carbocycles. The molecular weight excluding hydrogens is 426 g/mol. The smallest absolute Gasteiger partial charge is 0.227 e. The summed E-state index contributed by atoms with van der Waals surface area (Å²) in [6, 6.07) is 16.3. The molecule has 166 valence electrons. The van der Waals surface area contributed by atoms with Gasteiger partial charge in [0.2, 0.25) is 9.84 Å². The van der Waals surface area contributed by atoms with Crippen LogP contribution in [0.1, 0.15) is 13.8 Å². The number of nitrogens with zero attached hydrogens (tertiary/aromatic N) is 2. The first-order valence-corrected chi connectivity index (χ1v) is 12.3. The molecule has 1 atom stereocenters. The number of H-pyrrole nitrogens is 1. The van der Waals surface area contributed by atoms with Crippen molar-refractivity contribution in [3.63, 3.8) is 0 Å². The Hall–Kier alpha value is -3.10. The number of nitrogens with one attached hydrogen (secondary N) is 1. The van der Waals surface area contributed by atoms with Crippen molar-refractivity contribution in [1.29, 1.82) is 0 Å². The van der Waals surface area contributed by atoms with Gasteiger partial charge in [0.25, 0.3) is 0 Å². The number of ether oxygens (including phenoxy) is 2. The van der Waals surface area contributed by atoms with Crippen molar-refractivity contribution < 1.29 is 17.9 Å². The predicted molar refractivity (Wildman–Crippen MR) is 123 cm³/mol. The van der Waals surface area contributed by atoms with E-state index in [1.807, 2.05) is 30.3 Å². The third kappa shape index (κ3) is 3.40. The molecule has 0 amide bonds. The summed E-state index contributed by atoms with van der Waals surface area (Å²) in [7, 11) is -3.92. The number of hydrogen-bond acceptors (Lipinski definition) is 6. The van der Waals surface area contributed by atoms with Gasteiger partial charge in [-0.05, 0) is 36.7 Å². The summed E-state index contributed by atoms with van der Waals surface area (Å²) in [4.78, 5) is 2.47. The minimum atomic E-state index is -3.92. The molecule has 0 aliphatic carbocycles. The number of hydrogen-bond donors (Lipinski definition) is 1. The first-order valence-electron chi connectivity index (χ1n) is 10.8. The van der Waals surface area contributed by atoms with Gasteiger partial charge in [0.05, 0.1) is 15.8 Å². The van der Waals surface area contributed by atoms with Crippen molar-refractivity contribution in [1.82, 2.24) is 15.1 Å². The number of rotatable bonds is 6. The van der Waals surface area contributed by atoms with E-state index < -0.39 is 9.84 Å². The van der Waals surface area contributed by atoms with Crippen LogP contribution in [0.3, 0.4) is 0 Å². The maximum Gasteiger partial charge on any atom is 0.227 e. The molecule has 2 heterocycles. The third-order valence-corrected chi connectivity index (χ3v) is 7.71. The molecule has 32 heavy (non-hydrogen) atoms. The molecule has 0 fully saturated rings. The lowest BCUT2D eigenvalue weighted by Crippen LogP contribution is -2.40. The fourth-order valence-electron chi connectivity index (χ4n) is 4.24. The molecule has 0 saturated heterocycles. The van der Waals surface area contributed by atoms with E-state index in [1.165, 1.54) is 0 Å². The Labute approximate surface area is 186 Å². The second-order valence-electron chi connectivity index (χ2n) is 7.86. The maximum atomic E-state index is 13.8. The first-order chi connectivity index (χ1) is 15.5. The molecule has 1 aromatic heterocycles. The van der Waals surface area contributed by atoms with E-state index in [9.17, 15) is 8.42 Å². The van der Waals surface area contributed by atoms with Crippen molar-refractivity contribution in [2.24, 2.45) is 0 Å². The van der Waals surface area contributed by atoms with E-state index in [2.05, 4.69) is 28.9 Å². The summed E-state index contributed by atoms with van der Waals surface area (Å²) in [5.41, 5.74) is 0.592. The number of benzene rings is 3. The number of likely N-dealkylation sites (N-methyl/N-ethyl adjacent to an activating group) is 1. The highest BCUT2D eigenvalue weighted by molar-refractivity contribution is 7.91. The van der Waals surface area contributed by atoms with Crippen LogP contribution >= 0.6 is 0 Å². The van der Waals surface area contributed by atoms with E-state index in [0.29, 0.717) is 40.9 Å². The van der Waals surface area contributed by atoms with Gasteiger partial charge in [-0.25, -0.2) is 8.42 Å². The Morgan fingerprint density at radius 3 is 2.66 bits per heavy atom. The van der Waals surface area contributed by atoms with E-state index >= 15 is 0 Å². The van der Waals surface area contributed by atoms with E-state index in [0.717, 1.165) is 18.5 Å². The van der Waals surface area contributed by atoms with Crippen molar-refractivity contribution in [2.45, 2.75) is 29.9 Å². The van der Waals surface area contributed by atoms with Gasteiger partial charge in [0.1, 0.15) is 12.7 Å². The zero-order valence-electron chi connectivity index (χ0n) is 18.0. The van der Waals surface area contributed by atoms with E-state index in [-0.39, 0.29) is 16.0 Å². The Morgan fingerprint density at radius 1 is 1.06 bits per heavy atom.